The number of hydrogen-bond acceptors (Lipinski definition) is 4. The molecule has 4 rings (SSSR count). The first kappa shape index (κ1) is 21.0. The molecule has 1 aliphatic rings. The Morgan fingerprint density at radius 3 is 2.19 bits per heavy atom. The highest BCUT2D eigenvalue weighted by molar-refractivity contribution is 5.94. The number of anilines is 1. The predicted molar refractivity (Wildman–Crippen MR) is 120 cm³/mol. The Balaban J connectivity index is 1.51. The van der Waals surface area contributed by atoms with Gasteiger partial charge in [0.25, 0.3) is 5.91 Å². The van der Waals surface area contributed by atoms with Gasteiger partial charge in [-0.05, 0) is 50.6 Å². The molecule has 0 saturated carbocycles. The summed E-state index contributed by atoms with van der Waals surface area (Å²) in [7, 11) is 0. The van der Waals surface area contributed by atoms with Gasteiger partial charge in [0.2, 0.25) is 0 Å². The van der Waals surface area contributed by atoms with Gasteiger partial charge in [0, 0.05) is 49.4 Å². The van der Waals surface area contributed by atoms with Gasteiger partial charge < -0.3 is 9.80 Å². The van der Waals surface area contributed by atoms with Crippen molar-refractivity contribution in [3.8, 4) is 0 Å². The average molecular weight is 419 g/mol. The fourth-order valence-electron chi connectivity index (χ4n) is 3.99. The first-order valence-electron chi connectivity index (χ1n) is 10.6. The second-order valence-corrected chi connectivity index (χ2v) is 8.11. The van der Waals surface area contributed by atoms with E-state index in [2.05, 4.69) is 41.1 Å². The van der Waals surface area contributed by atoms with Crippen molar-refractivity contribution >= 4 is 11.7 Å². The predicted octanol–water partition coefficient (Wildman–Crippen LogP) is 4.09. The highest BCUT2D eigenvalue weighted by Crippen LogP contribution is 2.25. The monoisotopic (exact) mass is 418 g/mol. The Bertz CT molecular complexity index is 1070. The lowest BCUT2D eigenvalue weighted by atomic mass is 10.0. The molecule has 6 heteroatoms. The van der Waals surface area contributed by atoms with Crippen molar-refractivity contribution in [2.45, 2.75) is 27.2 Å². The van der Waals surface area contributed by atoms with Crippen LogP contribution in [0.5, 0.6) is 0 Å². The fourth-order valence-corrected chi connectivity index (χ4v) is 3.99. The average Bonchev–Trinajstić information content (AvgIpc) is 2.77. The van der Waals surface area contributed by atoms with Crippen molar-refractivity contribution in [2.75, 3.05) is 31.1 Å². The molecule has 0 radical (unpaired) electrons. The summed E-state index contributed by atoms with van der Waals surface area (Å²) < 4.78 is 13.2. The van der Waals surface area contributed by atoms with Crippen molar-refractivity contribution in [3.05, 3.63) is 88.1 Å². The molecule has 0 atom stereocenters. The van der Waals surface area contributed by atoms with E-state index < -0.39 is 0 Å². The van der Waals surface area contributed by atoms with Gasteiger partial charge in [-0.2, -0.15) is 0 Å². The molecule has 0 unspecified atom stereocenters. The van der Waals surface area contributed by atoms with E-state index in [1.165, 1.54) is 23.3 Å². The minimum absolute atomic E-state index is 0.0606. The summed E-state index contributed by atoms with van der Waals surface area (Å²) >= 11 is 0. The van der Waals surface area contributed by atoms with Gasteiger partial charge in [0.15, 0.2) is 0 Å². The molecule has 1 saturated heterocycles. The molecule has 0 bridgehead atoms. The minimum atomic E-state index is -0.336. The molecule has 0 spiro atoms. The van der Waals surface area contributed by atoms with Crippen LogP contribution in [0, 0.1) is 26.6 Å². The summed E-state index contributed by atoms with van der Waals surface area (Å²) in [5.74, 6) is 1.32. The first-order valence-corrected chi connectivity index (χ1v) is 10.6. The number of aromatic nitrogens is 2. The smallest absolute Gasteiger partial charge is 0.253 e. The largest absolute Gasteiger partial charge is 0.353 e. The normalized spacial score (nSPS) is 14.1. The van der Waals surface area contributed by atoms with Crippen LogP contribution in [0.4, 0.5) is 10.2 Å². The number of benzene rings is 2. The molecular weight excluding hydrogens is 391 g/mol. The summed E-state index contributed by atoms with van der Waals surface area (Å²) in [6.45, 7) is 8.64. The number of halogens is 1. The lowest BCUT2D eigenvalue weighted by Gasteiger charge is -2.36. The second kappa shape index (κ2) is 8.84. The number of nitrogens with zero attached hydrogens (tertiary/aromatic N) is 4. The van der Waals surface area contributed by atoms with Crippen LogP contribution in [0.3, 0.4) is 0 Å². The van der Waals surface area contributed by atoms with Gasteiger partial charge in [-0.25, -0.2) is 14.4 Å². The van der Waals surface area contributed by atoms with E-state index in [1.54, 1.807) is 12.1 Å². The van der Waals surface area contributed by atoms with Crippen LogP contribution in [-0.4, -0.2) is 47.0 Å². The molecule has 0 N–H and O–H groups in total. The van der Waals surface area contributed by atoms with Crippen LogP contribution in [0.25, 0.3) is 0 Å². The lowest BCUT2D eigenvalue weighted by molar-refractivity contribution is 0.0746. The van der Waals surface area contributed by atoms with Crippen LogP contribution in [0.2, 0.25) is 0 Å². The van der Waals surface area contributed by atoms with Gasteiger partial charge in [0.05, 0.1) is 0 Å². The first-order chi connectivity index (χ1) is 14.9. The number of amides is 1. The molecule has 1 fully saturated rings. The minimum Gasteiger partial charge on any atom is -0.353 e. The Hall–Kier alpha value is -3.28. The zero-order chi connectivity index (χ0) is 22.0. The molecule has 1 amide bonds. The van der Waals surface area contributed by atoms with Crippen molar-refractivity contribution in [2.24, 2.45) is 0 Å². The maximum Gasteiger partial charge on any atom is 0.253 e. The number of piperazine rings is 1. The van der Waals surface area contributed by atoms with Crippen LogP contribution in [0.1, 0.15) is 38.6 Å². The van der Waals surface area contributed by atoms with Crippen molar-refractivity contribution in [1.29, 1.82) is 0 Å². The molecule has 160 valence electrons. The van der Waals surface area contributed by atoms with Gasteiger partial charge in [-0.15, -0.1) is 0 Å². The summed E-state index contributed by atoms with van der Waals surface area (Å²) in [6.07, 6.45) is 0.774. The molecule has 2 heterocycles. The van der Waals surface area contributed by atoms with Gasteiger partial charge in [-0.3, -0.25) is 4.79 Å². The Morgan fingerprint density at radius 1 is 0.903 bits per heavy atom. The van der Waals surface area contributed by atoms with E-state index in [-0.39, 0.29) is 11.7 Å². The third-order valence-electron chi connectivity index (χ3n) is 5.76. The number of aryl methyl sites for hydroxylation is 3. The van der Waals surface area contributed by atoms with Crippen LogP contribution >= 0.6 is 0 Å². The number of carbonyl (C=O) groups is 1. The third kappa shape index (κ3) is 4.74. The second-order valence-electron chi connectivity index (χ2n) is 8.11. The molecule has 1 aliphatic heterocycles. The Kier molecular flexibility index (Phi) is 5.98. The highest BCUT2D eigenvalue weighted by Gasteiger charge is 2.25. The van der Waals surface area contributed by atoms with Crippen molar-refractivity contribution in [3.63, 3.8) is 0 Å². The van der Waals surface area contributed by atoms with Crippen LogP contribution < -0.4 is 4.90 Å². The summed E-state index contributed by atoms with van der Waals surface area (Å²) in [6, 6.07) is 14.3. The zero-order valence-electron chi connectivity index (χ0n) is 18.2. The maximum atomic E-state index is 13.2. The lowest BCUT2D eigenvalue weighted by Crippen LogP contribution is -2.49. The topological polar surface area (TPSA) is 49.3 Å². The van der Waals surface area contributed by atoms with E-state index in [4.69, 9.17) is 4.98 Å². The summed E-state index contributed by atoms with van der Waals surface area (Å²) in [5, 5.41) is 0. The molecule has 3 aromatic rings. The van der Waals surface area contributed by atoms with E-state index >= 15 is 0 Å². The fraction of sp³-hybridized carbons (Fsp3) is 0.320. The van der Waals surface area contributed by atoms with E-state index in [0.717, 1.165) is 29.3 Å². The third-order valence-corrected chi connectivity index (χ3v) is 5.76. The van der Waals surface area contributed by atoms with E-state index in [1.807, 2.05) is 18.7 Å². The number of hydrogen-bond donors (Lipinski definition) is 0. The maximum absolute atomic E-state index is 13.2. The Morgan fingerprint density at radius 2 is 1.55 bits per heavy atom. The molecule has 31 heavy (non-hydrogen) atoms. The number of rotatable bonds is 4. The zero-order valence-corrected chi connectivity index (χ0v) is 18.2. The van der Waals surface area contributed by atoms with Crippen molar-refractivity contribution in [1.82, 2.24) is 14.9 Å². The van der Waals surface area contributed by atoms with Gasteiger partial charge in [0.1, 0.15) is 17.5 Å². The molecule has 1 aromatic heterocycles. The van der Waals surface area contributed by atoms with E-state index in [0.29, 0.717) is 31.7 Å². The molecule has 5 nitrogen and oxygen atoms in total. The summed E-state index contributed by atoms with van der Waals surface area (Å²) in [5.41, 5.74) is 5.11. The quantitative estimate of drug-likeness (QED) is 0.640. The van der Waals surface area contributed by atoms with Crippen LogP contribution in [-0.2, 0) is 6.42 Å². The van der Waals surface area contributed by atoms with Gasteiger partial charge in [-0.1, -0.05) is 29.8 Å². The SMILES string of the molecule is Cc1ccc(Cc2c(C)nc(C)nc2N2CCN(C(=O)c3ccc(F)cc3)CC2)cc1. The molecular formula is C25H27FN4O. The highest BCUT2D eigenvalue weighted by atomic mass is 19.1. The standard InChI is InChI=1S/C25H27FN4O/c1-17-4-6-20(7-5-17)16-23-18(2)27-19(3)28-24(23)29-12-14-30(15-13-29)25(31)21-8-10-22(26)11-9-21/h4-11H,12-16H2,1-3H3. The summed E-state index contributed by atoms with van der Waals surface area (Å²) in [4.78, 5) is 26.2. The Labute approximate surface area is 182 Å². The van der Waals surface area contributed by atoms with Gasteiger partial charge >= 0.3 is 0 Å². The van der Waals surface area contributed by atoms with Crippen molar-refractivity contribution < 1.29 is 9.18 Å². The van der Waals surface area contributed by atoms with Crippen LogP contribution in [0.15, 0.2) is 48.5 Å². The molecule has 2 aromatic carbocycles. The molecule has 0 aliphatic carbocycles. The number of carbonyl (C=O) groups excluding carboxylic acids is 1. The van der Waals surface area contributed by atoms with E-state index in [9.17, 15) is 9.18 Å².